The van der Waals surface area contributed by atoms with Gasteiger partial charge in [-0.05, 0) is 44.0 Å². The lowest BCUT2D eigenvalue weighted by atomic mass is 9.77. The van der Waals surface area contributed by atoms with Gasteiger partial charge in [0, 0.05) is 17.1 Å². The van der Waals surface area contributed by atoms with Crippen LogP contribution in [0.3, 0.4) is 0 Å². The van der Waals surface area contributed by atoms with Crippen molar-refractivity contribution in [3.05, 3.63) is 60.0 Å². The smallest absolute Gasteiger partial charge is 0.254 e. The van der Waals surface area contributed by atoms with Crippen molar-refractivity contribution in [1.82, 2.24) is 19.7 Å². The highest BCUT2D eigenvalue weighted by molar-refractivity contribution is 6.04. The molecule has 5 N–H and O–H groups in total. The number of hydrogen-bond donors (Lipinski definition) is 3. The molecule has 32 heavy (non-hydrogen) atoms. The van der Waals surface area contributed by atoms with Crippen molar-refractivity contribution in [2.75, 3.05) is 5.73 Å². The quantitative estimate of drug-likeness (QED) is 0.454. The van der Waals surface area contributed by atoms with E-state index in [1.807, 2.05) is 6.07 Å². The third-order valence-corrected chi connectivity index (χ3v) is 5.87. The Morgan fingerprint density at radius 3 is 2.59 bits per heavy atom. The highest BCUT2D eigenvalue weighted by atomic mass is 19.1. The van der Waals surface area contributed by atoms with E-state index < -0.39 is 17.3 Å². The lowest BCUT2D eigenvalue weighted by molar-refractivity contribution is -0.0535. The molecule has 162 valence electrons. The second-order valence-electron chi connectivity index (χ2n) is 8.39. The normalized spacial score (nSPS) is 20.3. The van der Waals surface area contributed by atoms with Crippen molar-refractivity contribution in [1.29, 1.82) is 0 Å². The molecule has 9 heteroatoms. The van der Waals surface area contributed by atoms with E-state index in [-0.39, 0.29) is 34.2 Å². The van der Waals surface area contributed by atoms with E-state index in [0.717, 1.165) is 0 Å². The summed E-state index contributed by atoms with van der Waals surface area (Å²) >= 11 is 0. The first-order valence-corrected chi connectivity index (χ1v) is 10.2. The number of halogens is 1. The topological polar surface area (TPSA) is 133 Å². The molecule has 0 unspecified atom stereocenters. The molecule has 0 spiro atoms. The number of carbonyl (C=O) groups is 1. The third kappa shape index (κ3) is 3.18. The van der Waals surface area contributed by atoms with Crippen molar-refractivity contribution in [2.24, 2.45) is 5.73 Å². The van der Waals surface area contributed by atoms with Crippen molar-refractivity contribution >= 4 is 22.6 Å². The van der Waals surface area contributed by atoms with Crippen molar-refractivity contribution in [3.8, 4) is 22.6 Å². The average Bonchev–Trinajstić information content (AvgIpc) is 3.09. The molecule has 1 amide bonds. The summed E-state index contributed by atoms with van der Waals surface area (Å²) in [6.07, 6.45) is 2.48. The number of aromatic nitrogens is 4. The number of hydrogen-bond acceptors (Lipinski definition) is 6. The van der Waals surface area contributed by atoms with Crippen LogP contribution in [-0.4, -0.2) is 36.4 Å². The molecular formula is C23H21FN6O2. The van der Waals surface area contributed by atoms with Crippen molar-refractivity contribution in [3.63, 3.8) is 0 Å². The maximum atomic E-state index is 15.7. The summed E-state index contributed by atoms with van der Waals surface area (Å²) in [6.45, 7) is 1.72. The lowest BCUT2D eigenvalue weighted by Crippen LogP contribution is -2.42. The largest absolute Gasteiger partial charge is 0.390 e. The first-order valence-electron chi connectivity index (χ1n) is 10.2. The van der Waals surface area contributed by atoms with E-state index >= 15 is 4.39 Å². The van der Waals surface area contributed by atoms with Gasteiger partial charge in [-0.25, -0.2) is 14.1 Å². The van der Waals surface area contributed by atoms with E-state index in [1.165, 1.54) is 10.7 Å². The van der Waals surface area contributed by atoms with Crippen LogP contribution in [0.25, 0.3) is 33.5 Å². The summed E-state index contributed by atoms with van der Waals surface area (Å²) in [6, 6.07) is 12.0. The molecule has 0 saturated heterocycles. The molecule has 0 atom stereocenters. The Morgan fingerprint density at radius 2 is 1.94 bits per heavy atom. The third-order valence-electron chi connectivity index (χ3n) is 5.87. The van der Waals surface area contributed by atoms with E-state index in [1.54, 1.807) is 43.5 Å². The zero-order chi connectivity index (χ0) is 22.6. The molecular weight excluding hydrogens is 411 g/mol. The highest BCUT2D eigenvalue weighted by Crippen LogP contribution is 2.43. The molecule has 1 saturated carbocycles. The number of fused-ring (bicyclic) bond motifs is 1. The summed E-state index contributed by atoms with van der Waals surface area (Å²) in [4.78, 5) is 20.9. The number of benzene rings is 1. The van der Waals surface area contributed by atoms with Crippen molar-refractivity contribution in [2.45, 2.75) is 31.4 Å². The van der Waals surface area contributed by atoms with E-state index in [2.05, 4.69) is 15.1 Å². The number of nitrogen functional groups attached to an aromatic ring is 1. The second kappa shape index (κ2) is 7.10. The van der Waals surface area contributed by atoms with Gasteiger partial charge in [0.2, 0.25) is 0 Å². The maximum absolute atomic E-state index is 15.7. The lowest BCUT2D eigenvalue weighted by Gasteiger charge is -2.41. The predicted octanol–water partition coefficient (Wildman–Crippen LogP) is 3.07. The van der Waals surface area contributed by atoms with Gasteiger partial charge in [-0.2, -0.15) is 5.10 Å². The monoisotopic (exact) mass is 432 g/mol. The Morgan fingerprint density at radius 1 is 1.19 bits per heavy atom. The first kappa shape index (κ1) is 20.1. The highest BCUT2D eigenvalue weighted by Gasteiger charge is 2.42. The minimum atomic E-state index is -0.823. The molecule has 1 aromatic carbocycles. The number of primary amides is 1. The Bertz CT molecular complexity index is 1360. The van der Waals surface area contributed by atoms with Gasteiger partial charge in [0.1, 0.15) is 22.6 Å². The summed E-state index contributed by atoms with van der Waals surface area (Å²) in [5, 5.41) is 15.1. The molecule has 1 aliphatic rings. The van der Waals surface area contributed by atoms with Crippen LogP contribution in [0.15, 0.2) is 48.7 Å². The molecule has 0 bridgehead atoms. The minimum absolute atomic E-state index is 0.0457. The van der Waals surface area contributed by atoms with Crippen LogP contribution in [0.2, 0.25) is 0 Å². The van der Waals surface area contributed by atoms with Crippen LogP contribution in [0.1, 0.15) is 36.2 Å². The number of carbonyl (C=O) groups excluding carboxylic acids is 1. The van der Waals surface area contributed by atoms with Gasteiger partial charge in [0.25, 0.3) is 5.91 Å². The Hall–Kier alpha value is -3.85. The first-order chi connectivity index (χ1) is 15.2. The van der Waals surface area contributed by atoms with E-state index in [0.29, 0.717) is 29.6 Å². The van der Waals surface area contributed by atoms with Gasteiger partial charge in [-0.3, -0.25) is 9.78 Å². The molecule has 0 radical (unpaired) electrons. The number of aliphatic hydroxyl groups is 1. The fourth-order valence-electron chi connectivity index (χ4n) is 4.28. The summed E-state index contributed by atoms with van der Waals surface area (Å²) < 4.78 is 17.1. The molecule has 4 aromatic rings. The van der Waals surface area contributed by atoms with Crippen LogP contribution >= 0.6 is 0 Å². The zero-order valence-electron chi connectivity index (χ0n) is 17.3. The standard InChI is InChI=1S/C23H21FN6O2/c1-23(32)10-13(11-23)30-21(25)17(22(26)31)20(29-30)14-7-5-12-6-8-16(28-19(12)18(14)24)15-4-2-3-9-27-15/h2-9,13,32H,10-11,25H2,1H3,(H2,26,31). The van der Waals surface area contributed by atoms with Gasteiger partial charge in [0.05, 0.1) is 23.0 Å². The second-order valence-corrected chi connectivity index (χ2v) is 8.39. The number of amides is 1. The van der Waals surface area contributed by atoms with Crippen LogP contribution in [0.5, 0.6) is 0 Å². The molecule has 8 nitrogen and oxygen atoms in total. The van der Waals surface area contributed by atoms with Gasteiger partial charge < -0.3 is 16.6 Å². The van der Waals surface area contributed by atoms with Gasteiger partial charge in [0.15, 0.2) is 5.82 Å². The van der Waals surface area contributed by atoms with Crippen LogP contribution in [0.4, 0.5) is 10.2 Å². The number of anilines is 1. The number of nitrogens with two attached hydrogens (primary N) is 2. The Balaban J connectivity index is 1.66. The SMILES string of the molecule is CC1(O)CC(n2nc(-c3ccc4ccc(-c5ccccn5)nc4c3F)c(C(N)=O)c2N)C1. The molecule has 3 aromatic heterocycles. The predicted molar refractivity (Wildman–Crippen MR) is 118 cm³/mol. The van der Waals surface area contributed by atoms with E-state index in [4.69, 9.17) is 11.5 Å². The van der Waals surface area contributed by atoms with Crippen LogP contribution in [-0.2, 0) is 0 Å². The average molecular weight is 432 g/mol. The summed E-state index contributed by atoms with van der Waals surface area (Å²) in [5.41, 5.74) is 12.3. The summed E-state index contributed by atoms with van der Waals surface area (Å²) in [7, 11) is 0. The molecule has 1 fully saturated rings. The summed E-state index contributed by atoms with van der Waals surface area (Å²) in [5.74, 6) is -1.37. The molecule has 0 aliphatic heterocycles. The van der Waals surface area contributed by atoms with Gasteiger partial charge in [-0.15, -0.1) is 0 Å². The molecule has 1 aliphatic carbocycles. The minimum Gasteiger partial charge on any atom is -0.390 e. The van der Waals surface area contributed by atoms with Crippen LogP contribution < -0.4 is 11.5 Å². The van der Waals surface area contributed by atoms with Gasteiger partial charge >= 0.3 is 0 Å². The fraction of sp³-hybridized carbons (Fsp3) is 0.217. The number of rotatable bonds is 4. The molecule has 3 heterocycles. The number of nitrogens with zero attached hydrogens (tertiary/aromatic N) is 4. The van der Waals surface area contributed by atoms with Gasteiger partial charge in [-0.1, -0.05) is 18.2 Å². The Labute approximate surface area is 182 Å². The molecule has 5 rings (SSSR count). The van der Waals surface area contributed by atoms with Crippen molar-refractivity contribution < 1.29 is 14.3 Å². The Kier molecular flexibility index (Phi) is 4.45. The van der Waals surface area contributed by atoms with E-state index in [9.17, 15) is 9.90 Å². The van der Waals surface area contributed by atoms with Crippen LogP contribution in [0, 0.1) is 5.82 Å². The zero-order valence-corrected chi connectivity index (χ0v) is 17.3. The number of pyridine rings is 2. The maximum Gasteiger partial charge on any atom is 0.254 e. The fourth-order valence-corrected chi connectivity index (χ4v) is 4.28.